The maximum atomic E-state index is 11.2. The lowest BCUT2D eigenvalue weighted by atomic mass is 10.2. The van der Waals surface area contributed by atoms with Crippen molar-refractivity contribution in [1.29, 1.82) is 0 Å². The van der Waals surface area contributed by atoms with Crippen LogP contribution in [0.1, 0.15) is 19.0 Å². The van der Waals surface area contributed by atoms with Gasteiger partial charge >= 0.3 is 6.03 Å². The van der Waals surface area contributed by atoms with E-state index in [-0.39, 0.29) is 11.9 Å². The molecule has 1 aromatic heterocycles. The number of amides is 3. The van der Waals surface area contributed by atoms with E-state index >= 15 is 0 Å². The maximum Gasteiger partial charge on any atom is 0.321 e. The van der Waals surface area contributed by atoms with Crippen LogP contribution in [0.2, 0.25) is 0 Å². The smallest absolute Gasteiger partial charge is 0.321 e. The number of carbonyl (C=O) groups is 2. The van der Waals surface area contributed by atoms with E-state index < -0.39 is 0 Å². The maximum absolute atomic E-state index is 11.2. The summed E-state index contributed by atoms with van der Waals surface area (Å²) in [5.74, 6) is 0.000657. The summed E-state index contributed by atoms with van der Waals surface area (Å²) in [6.07, 6.45) is 1.09. The van der Waals surface area contributed by atoms with Gasteiger partial charge in [0, 0.05) is 19.4 Å². The molecular weight excluding hydrogens is 228 g/mol. The Kier molecular flexibility index (Phi) is 3.04. The van der Waals surface area contributed by atoms with Crippen molar-refractivity contribution in [3.63, 3.8) is 0 Å². The van der Waals surface area contributed by atoms with Crippen molar-refractivity contribution in [2.75, 3.05) is 17.2 Å². The monoisotopic (exact) mass is 240 g/mol. The van der Waals surface area contributed by atoms with Gasteiger partial charge in [0.05, 0.1) is 5.69 Å². The van der Waals surface area contributed by atoms with Gasteiger partial charge in [0.1, 0.15) is 5.00 Å². The molecule has 16 heavy (non-hydrogen) atoms. The fourth-order valence-corrected chi connectivity index (χ4v) is 2.32. The Bertz CT molecular complexity index is 429. The summed E-state index contributed by atoms with van der Waals surface area (Å²) in [4.78, 5) is 26.6. The van der Waals surface area contributed by atoms with E-state index in [4.69, 9.17) is 0 Å². The number of aryl methyl sites for hydroxylation is 1. The summed E-state index contributed by atoms with van der Waals surface area (Å²) >= 11 is 1.28. The molecule has 0 saturated carbocycles. The SMILES string of the molecule is CCNC(=O)Nc1nc2c(s1)NC(=O)CC2. The van der Waals surface area contributed by atoms with Crippen molar-refractivity contribution in [2.24, 2.45) is 0 Å². The average molecular weight is 240 g/mol. The minimum absolute atomic E-state index is 0.000657. The second-order valence-corrected chi connectivity index (χ2v) is 4.33. The number of fused-ring (bicyclic) bond motifs is 1. The van der Waals surface area contributed by atoms with Crippen LogP contribution in [-0.2, 0) is 11.2 Å². The topological polar surface area (TPSA) is 83.1 Å². The molecule has 3 amide bonds. The van der Waals surface area contributed by atoms with Gasteiger partial charge in [-0.05, 0) is 6.92 Å². The number of thiazole rings is 1. The van der Waals surface area contributed by atoms with Crippen LogP contribution >= 0.6 is 11.3 Å². The highest BCUT2D eigenvalue weighted by atomic mass is 32.1. The standard InChI is InChI=1S/C9H12N4O2S/c1-2-10-8(15)13-9-11-5-3-4-6(14)12-7(5)16-9/h2-4H2,1H3,(H,12,14)(H2,10,11,13,15). The highest BCUT2D eigenvalue weighted by Gasteiger charge is 2.20. The number of carbonyl (C=O) groups excluding carboxylic acids is 2. The first kappa shape index (κ1) is 10.9. The molecule has 1 aliphatic heterocycles. The number of hydrogen-bond donors (Lipinski definition) is 3. The summed E-state index contributed by atoms with van der Waals surface area (Å²) in [5.41, 5.74) is 0.844. The molecule has 0 fully saturated rings. The Labute approximate surface area is 96.4 Å². The predicted molar refractivity (Wildman–Crippen MR) is 61.8 cm³/mol. The number of nitrogens with one attached hydrogen (secondary N) is 3. The van der Waals surface area contributed by atoms with Gasteiger partial charge in [-0.3, -0.25) is 10.1 Å². The van der Waals surface area contributed by atoms with Gasteiger partial charge in [-0.15, -0.1) is 0 Å². The van der Waals surface area contributed by atoms with Gasteiger partial charge < -0.3 is 10.6 Å². The van der Waals surface area contributed by atoms with Crippen LogP contribution in [0.3, 0.4) is 0 Å². The Balaban J connectivity index is 2.07. The summed E-state index contributed by atoms with van der Waals surface area (Å²) in [7, 11) is 0. The van der Waals surface area contributed by atoms with Crippen LogP contribution in [0.4, 0.5) is 14.9 Å². The Morgan fingerprint density at radius 2 is 2.38 bits per heavy atom. The van der Waals surface area contributed by atoms with Crippen molar-refractivity contribution in [2.45, 2.75) is 19.8 Å². The second kappa shape index (κ2) is 4.48. The molecule has 6 nitrogen and oxygen atoms in total. The molecule has 86 valence electrons. The molecule has 2 rings (SSSR count). The summed E-state index contributed by atoms with van der Waals surface area (Å²) in [6, 6.07) is -0.278. The Morgan fingerprint density at radius 3 is 3.12 bits per heavy atom. The molecule has 0 aromatic carbocycles. The highest BCUT2D eigenvalue weighted by Crippen LogP contribution is 2.31. The molecule has 0 saturated heterocycles. The zero-order valence-electron chi connectivity index (χ0n) is 8.79. The number of nitrogens with zero attached hydrogens (tertiary/aromatic N) is 1. The highest BCUT2D eigenvalue weighted by molar-refractivity contribution is 7.20. The van der Waals surface area contributed by atoms with Crippen molar-refractivity contribution >= 4 is 33.4 Å². The first-order valence-corrected chi connectivity index (χ1v) is 5.85. The summed E-state index contributed by atoms with van der Waals surface area (Å²) in [5, 5.41) is 9.22. The quantitative estimate of drug-likeness (QED) is 0.725. The third-order valence-electron chi connectivity index (χ3n) is 2.10. The number of urea groups is 1. The zero-order valence-corrected chi connectivity index (χ0v) is 9.61. The van der Waals surface area contributed by atoms with Crippen molar-refractivity contribution in [3.05, 3.63) is 5.69 Å². The van der Waals surface area contributed by atoms with E-state index in [0.29, 0.717) is 24.5 Å². The van der Waals surface area contributed by atoms with E-state index in [2.05, 4.69) is 20.9 Å². The molecule has 0 atom stereocenters. The van der Waals surface area contributed by atoms with Gasteiger partial charge in [0.25, 0.3) is 0 Å². The van der Waals surface area contributed by atoms with Crippen LogP contribution in [0, 0.1) is 0 Å². The third-order valence-corrected chi connectivity index (χ3v) is 3.03. The molecule has 3 N–H and O–H groups in total. The Morgan fingerprint density at radius 1 is 1.56 bits per heavy atom. The molecule has 1 aliphatic rings. The van der Waals surface area contributed by atoms with E-state index in [1.807, 2.05) is 6.92 Å². The van der Waals surface area contributed by atoms with Crippen LogP contribution in [0.5, 0.6) is 0 Å². The molecule has 0 spiro atoms. The number of hydrogen-bond acceptors (Lipinski definition) is 4. The van der Waals surface area contributed by atoms with Gasteiger partial charge in [-0.2, -0.15) is 0 Å². The van der Waals surface area contributed by atoms with Gasteiger partial charge in [0.2, 0.25) is 5.91 Å². The number of aromatic nitrogens is 1. The van der Waals surface area contributed by atoms with Crippen LogP contribution < -0.4 is 16.0 Å². The summed E-state index contributed by atoms with van der Waals surface area (Å²) < 4.78 is 0. The first-order valence-electron chi connectivity index (χ1n) is 5.03. The fraction of sp³-hybridized carbons (Fsp3) is 0.444. The van der Waals surface area contributed by atoms with Gasteiger partial charge in [-0.1, -0.05) is 11.3 Å². The van der Waals surface area contributed by atoms with Crippen molar-refractivity contribution < 1.29 is 9.59 Å². The molecule has 1 aromatic rings. The van der Waals surface area contributed by atoms with E-state index in [0.717, 1.165) is 10.7 Å². The normalized spacial score (nSPS) is 13.9. The number of rotatable bonds is 2. The molecule has 0 unspecified atom stereocenters. The van der Waals surface area contributed by atoms with Crippen LogP contribution in [-0.4, -0.2) is 23.5 Å². The van der Waals surface area contributed by atoms with E-state index in [1.54, 1.807) is 0 Å². The molecule has 0 radical (unpaired) electrons. The lowest BCUT2D eigenvalue weighted by molar-refractivity contribution is -0.116. The van der Waals surface area contributed by atoms with Gasteiger partial charge in [0.15, 0.2) is 5.13 Å². The molecule has 0 aliphatic carbocycles. The largest absolute Gasteiger partial charge is 0.338 e. The first-order chi connectivity index (χ1) is 7.69. The average Bonchev–Trinajstić information content (AvgIpc) is 2.59. The molecular formula is C9H12N4O2S. The van der Waals surface area contributed by atoms with Crippen LogP contribution in [0.25, 0.3) is 0 Å². The fourth-order valence-electron chi connectivity index (χ4n) is 1.40. The van der Waals surface area contributed by atoms with E-state index in [9.17, 15) is 9.59 Å². The minimum Gasteiger partial charge on any atom is -0.338 e. The summed E-state index contributed by atoms with van der Waals surface area (Å²) in [6.45, 7) is 2.40. The predicted octanol–water partition coefficient (Wildman–Crippen LogP) is 1.17. The Hall–Kier alpha value is -1.63. The van der Waals surface area contributed by atoms with Crippen LogP contribution in [0.15, 0.2) is 0 Å². The molecule has 0 bridgehead atoms. The molecule has 2 heterocycles. The van der Waals surface area contributed by atoms with Crippen molar-refractivity contribution in [3.8, 4) is 0 Å². The lowest BCUT2D eigenvalue weighted by Gasteiger charge is -2.08. The van der Waals surface area contributed by atoms with Gasteiger partial charge in [-0.25, -0.2) is 9.78 Å². The third kappa shape index (κ3) is 2.30. The minimum atomic E-state index is -0.278. The second-order valence-electron chi connectivity index (χ2n) is 3.33. The van der Waals surface area contributed by atoms with E-state index in [1.165, 1.54) is 11.3 Å². The van der Waals surface area contributed by atoms with Crippen molar-refractivity contribution in [1.82, 2.24) is 10.3 Å². The lowest BCUT2D eigenvalue weighted by Crippen LogP contribution is -2.28. The number of anilines is 2. The zero-order chi connectivity index (χ0) is 11.5. The molecule has 7 heteroatoms.